The van der Waals surface area contributed by atoms with E-state index in [9.17, 15) is 17.6 Å². The monoisotopic (exact) mass is 449 g/mol. The van der Waals surface area contributed by atoms with Gasteiger partial charge in [0, 0.05) is 17.1 Å². The topological polar surface area (TPSA) is 92.0 Å². The zero-order chi connectivity index (χ0) is 21.6. The van der Waals surface area contributed by atoms with Gasteiger partial charge in [-0.3, -0.25) is 4.79 Å². The fraction of sp³-hybridized carbons (Fsp3) is 0.100. The number of halogens is 2. The Morgan fingerprint density at radius 3 is 2.53 bits per heavy atom. The van der Waals surface area contributed by atoms with E-state index in [1.165, 1.54) is 54.9 Å². The Morgan fingerprint density at radius 2 is 1.87 bits per heavy atom. The summed E-state index contributed by atoms with van der Waals surface area (Å²) in [6, 6.07) is 14.5. The Morgan fingerprint density at radius 1 is 1.13 bits per heavy atom. The molecular formula is C20H17ClFN3O4S. The van der Waals surface area contributed by atoms with Gasteiger partial charge in [-0.05, 0) is 42.5 Å². The van der Waals surface area contributed by atoms with Crippen LogP contribution in [0.1, 0.15) is 11.3 Å². The summed E-state index contributed by atoms with van der Waals surface area (Å²) in [6.07, 6.45) is 2.71. The number of rotatable bonds is 8. The quantitative estimate of drug-likeness (QED) is 0.421. The minimum absolute atomic E-state index is 0.0740. The van der Waals surface area contributed by atoms with E-state index >= 15 is 0 Å². The molecule has 0 aliphatic rings. The molecule has 3 aromatic rings. The summed E-state index contributed by atoms with van der Waals surface area (Å²) in [4.78, 5) is 12.2. The highest BCUT2D eigenvalue weighted by molar-refractivity contribution is 7.89. The summed E-state index contributed by atoms with van der Waals surface area (Å²) in [5, 5.41) is 4.09. The number of nitrogens with one attached hydrogen (secondary N) is 1. The van der Waals surface area contributed by atoms with Gasteiger partial charge in [-0.1, -0.05) is 29.8 Å². The van der Waals surface area contributed by atoms with Crippen LogP contribution in [0.25, 0.3) is 0 Å². The molecule has 0 saturated heterocycles. The van der Waals surface area contributed by atoms with Gasteiger partial charge in [-0.25, -0.2) is 18.2 Å². The third-order valence-electron chi connectivity index (χ3n) is 4.00. The van der Waals surface area contributed by atoms with Crippen LogP contribution in [0.3, 0.4) is 0 Å². The molecule has 3 rings (SSSR count). The molecule has 0 unspecified atom stereocenters. The first-order chi connectivity index (χ1) is 14.4. The summed E-state index contributed by atoms with van der Waals surface area (Å²) in [6.45, 7) is -0.915. The molecule has 0 radical (unpaired) electrons. The van der Waals surface area contributed by atoms with Crippen LogP contribution in [0.5, 0.6) is 0 Å². The molecule has 30 heavy (non-hydrogen) atoms. The van der Waals surface area contributed by atoms with Gasteiger partial charge >= 0.3 is 0 Å². The van der Waals surface area contributed by atoms with Gasteiger partial charge < -0.3 is 4.42 Å². The van der Waals surface area contributed by atoms with Crippen molar-refractivity contribution in [1.82, 2.24) is 9.73 Å². The maximum atomic E-state index is 14.1. The Hall–Kier alpha value is -3.01. The highest BCUT2D eigenvalue weighted by atomic mass is 35.5. The molecule has 0 bridgehead atoms. The summed E-state index contributed by atoms with van der Waals surface area (Å²) >= 11 is 5.83. The molecule has 0 aliphatic heterocycles. The van der Waals surface area contributed by atoms with Crippen molar-refractivity contribution in [3.63, 3.8) is 0 Å². The maximum Gasteiger partial charge on any atom is 0.255 e. The zero-order valence-corrected chi connectivity index (χ0v) is 17.1. The average Bonchev–Trinajstić information content (AvgIpc) is 3.23. The minimum Gasteiger partial charge on any atom is -0.463 e. The van der Waals surface area contributed by atoms with Crippen LogP contribution in [-0.2, 0) is 21.4 Å². The largest absolute Gasteiger partial charge is 0.463 e. The molecule has 0 fully saturated rings. The van der Waals surface area contributed by atoms with E-state index in [0.29, 0.717) is 10.8 Å². The van der Waals surface area contributed by atoms with Gasteiger partial charge in [-0.15, -0.1) is 0 Å². The van der Waals surface area contributed by atoms with Crippen molar-refractivity contribution in [2.45, 2.75) is 11.4 Å². The van der Waals surface area contributed by atoms with Crippen molar-refractivity contribution in [3.8, 4) is 0 Å². The first-order valence-electron chi connectivity index (χ1n) is 8.71. The van der Waals surface area contributed by atoms with Crippen LogP contribution in [0.2, 0.25) is 5.02 Å². The maximum absolute atomic E-state index is 14.1. The number of nitrogens with zero attached hydrogens (tertiary/aromatic N) is 2. The first-order valence-corrected chi connectivity index (χ1v) is 10.5. The molecule has 10 heteroatoms. The molecule has 1 N–H and O–H groups in total. The van der Waals surface area contributed by atoms with E-state index in [4.69, 9.17) is 16.0 Å². The lowest BCUT2D eigenvalue weighted by atomic mass is 10.2. The molecule has 2 aromatic carbocycles. The number of carbonyl (C=O) groups is 1. The number of hydrazone groups is 1. The van der Waals surface area contributed by atoms with Crippen molar-refractivity contribution in [2.75, 3.05) is 6.54 Å². The number of amides is 1. The Labute approximate surface area is 177 Å². The van der Waals surface area contributed by atoms with Crippen LogP contribution >= 0.6 is 11.6 Å². The Balaban J connectivity index is 1.82. The number of sulfonamides is 1. The van der Waals surface area contributed by atoms with Crippen LogP contribution in [0.4, 0.5) is 4.39 Å². The van der Waals surface area contributed by atoms with E-state index in [0.717, 1.165) is 4.31 Å². The predicted molar refractivity (Wildman–Crippen MR) is 110 cm³/mol. The van der Waals surface area contributed by atoms with E-state index in [-0.39, 0.29) is 17.0 Å². The van der Waals surface area contributed by atoms with E-state index < -0.39 is 28.3 Å². The second-order valence-electron chi connectivity index (χ2n) is 6.13. The van der Waals surface area contributed by atoms with Gasteiger partial charge in [-0.2, -0.15) is 9.41 Å². The number of hydrogen-bond acceptors (Lipinski definition) is 5. The van der Waals surface area contributed by atoms with Crippen LogP contribution in [-0.4, -0.2) is 31.4 Å². The van der Waals surface area contributed by atoms with Crippen molar-refractivity contribution in [2.24, 2.45) is 5.10 Å². The molecule has 0 aliphatic carbocycles. The van der Waals surface area contributed by atoms with Gasteiger partial charge in [0.25, 0.3) is 5.91 Å². The Kier molecular flexibility index (Phi) is 6.99. The number of benzene rings is 2. The molecule has 7 nitrogen and oxygen atoms in total. The second kappa shape index (κ2) is 9.66. The summed E-state index contributed by atoms with van der Waals surface area (Å²) < 4.78 is 46.2. The van der Waals surface area contributed by atoms with E-state index in [1.54, 1.807) is 18.2 Å². The summed E-state index contributed by atoms with van der Waals surface area (Å²) in [7, 11) is -4.12. The van der Waals surface area contributed by atoms with Crippen LogP contribution in [0, 0.1) is 5.82 Å². The lowest BCUT2D eigenvalue weighted by molar-refractivity contribution is -0.121. The van der Waals surface area contributed by atoms with Gasteiger partial charge in [0.1, 0.15) is 11.6 Å². The summed E-state index contributed by atoms with van der Waals surface area (Å²) in [5.74, 6) is -0.871. The third-order valence-corrected chi connectivity index (χ3v) is 6.06. The minimum atomic E-state index is -4.12. The highest BCUT2D eigenvalue weighted by Crippen LogP contribution is 2.21. The van der Waals surface area contributed by atoms with Gasteiger partial charge in [0.2, 0.25) is 10.0 Å². The highest BCUT2D eigenvalue weighted by Gasteiger charge is 2.27. The van der Waals surface area contributed by atoms with E-state index in [2.05, 4.69) is 10.5 Å². The molecule has 1 heterocycles. The van der Waals surface area contributed by atoms with Crippen molar-refractivity contribution in [1.29, 1.82) is 0 Å². The van der Waals surface area contributed by atoms with Crippen molar-refractivity contribution < 1.29 is 22.0 Å². The molecule has 0 spiro atoms. The normalized spacial score (nSPS) is 11.8. The number of hydrogen-bond donors (Lipinski definition) is 1. The zero-order valence-electron chi connectivity index (χ0n) is 15.5. The fourth-order valence-electron chi connectivity index (χ4n) is 2.53. The third kappa shape index (κ3) is 5.53. The molecule has 0 atom stereocenters. The van der Waals surface area contributed by atoms with Crippen LogP contribution < -0.4 is 5.43 Å². The SMILES string of the molecule is O=C(CN(Cc1ccccc1F)S(=O)(=O)c1ccc(Cl)cc1)N/N=C\c1ccco1. The Bertz CT molecular complexity index is 1130. The van der Waals surface area contributed by atoms with Gasteiger partial charge in [0.15, 0.2) is 0 Å². The van der Waals surface area contributed by atoms with E-state index in [1.807, 2.05) is 0 Å². The molecule has 156 valence electrons. The standard InChI is InChI=1S/C20H17ClFN3O4S/c21-16-7-9-18(10-8-16)30(27,28)25(13-15-4-1-2-6-19(15)22)14-20(26)24-23-12-17-5-3-11-29-17/h1-12H,13-14H2,(H,24,26)/b23-12-. The lowest BCUT2D eigenvalue weighted by Crippen LogP contribution is -2.39. The molecular weight excluding hydrogens is 433 g/mol. The lowest BCUT2D eigenvalue weighted by Gasteiger charge is -2.21. The predicted octanol–water partition coefficient (Wildman–Crippen LogP) is 3.41. The average molecular weight is 450 g/mol. The molecule has 1 amide bonds. The first kappa shape index (κ1) is 21.7. The number of carbonyl (C=O) groups excluding carboxylic acids is 1. The molecule has 1 aromatic heterocycles. The fourth-order valence-corrected chi connectivity index (χ4v) is 4.03. The number of furan rings is 1. The van der Waals surface area contributed by atoms with Crippen LogP contribution in [0.15, 0.2) is 81.3 Å². The van der Waals surface area contributed by atoms with Crippen molar-refractivity contribution >= 4 is 33.7 Å². The van der Waals surface area contributed by atoms with Gasteiger partial charge in [0.05, 0.1) is 23.9 Å². The summed E-state index contributed by atoms with van der Waals surface area (Å²) in [5.41, 5.74) is 2.36. The molecule has 0 saturated carbocycles. The second-order valence-corrected chi connectivity index (χ2v) is 8.50. The van der Waals surface area contributed by atoms with Crippen molar-refractivity contribution in [3.05, 3.63) is 89.1 Å². The smallest absolute Gasteiger partial charge is 0.255 e.